The van der Waals surface area contributed by atoms with Crippen LogP contribution in [0, 0.1) is 0 Å². The molecule has 0 saturated carbocycles. The number of oxazole rings is 1. The SMILES string of the molecule is CN1CCCC(C)(c2nc3cc(Br)ccc3o2)C1. The lowest BCUT2D eigenvalue weighted by molar-refractivity contribution is 0.164. The van der Waals surface area contributed by atoms with Gasteiger partial charge in [-0.2, -0.15) is 0 Å². The highest BCUT2D eigenvalue weighted by atomic mass is 79.9. The molecule has 2 heterocycles. The zero-order valence-electron chi connectivity index (χ0n) is 10.7. The first-order valence-corrected chi connectivity index (χ1v) is 7.11. The van der Waals surface area contributed by atoms with E-state index in [1.54, 1.807) is 0 Å². The third-order valence-corrected chi connectivity index (χ3v) is 4.25. The molecule has 4 heteroatoms. The Morgan fingerprint density at radius 2 is 2.28 bits per heavy atom. The van der Waals surface area contributed by atoms with Crippen molar-refractivity contribution in [3.63, 3.8) is 0 Å². The third-order valence-electron chi connectivity index (χ3n) is 3.75. The van der Waals surface area contributed by atoms with Gasteiger partial charge in [0.2, 0.25) is 5.89 Å². The maximum atomic E-state index is 5.96. The number of piperidine rings is 1. The predicted molar refractivity (Wildman–Crippen MR) is 75.8 cm³/mol. The van der Waals surface area contributed by atoms with Crippen molar-refractivity contribution in [1.29, 1.82) is 0 Å². The molecule has 0 spiro atoms. The van der Waals surface area contributed by atoms with Crippen LogP contribution >= 0.6 is 15.9 Å². The maximum Gasteiger partial charge on any atom is 0.202 e. The molecular formula is C14H17BrN2O. The van der Waals surface area contributed by atoms with Crippen LogP contribution in [-0.4, -0.2) is 30.0 Å². The highest BCUT2D eigenvalue weighted by Crippen LogP contribution is 2.34. The molecule has 1 atom stereocenters. The van der Waals surface area contributed by atoms with E-state index in [4.69, 9.17) is 4.42 Å². The van der Waals surface area contributed by atoms with E-state index in [0.29, 0.717) is 0 Å². The first-order valence-electron chi connectivity index (χ1n) is 6.32. The van der Waals surface area contributed by atoms with E-state index in [1.807, 2.05) is 18.2 Å². The Morgan fingerprint density at radius 3 is 3.06 bits per heavy atom. The summed E-state index contributed by atoms with van der Waals surface area (Å²) < 4.78 is 7.00. The molecular weight excluding hydrogens is 292 g/mol. The van der Waals surface area contributed by atoms with Crippen LogP contribution in [0.25, 0.3) is 11.1 Å². The monoisotopic (exact) mass is 308 g/mol. The molecule has 1 aliphatic heterocycles. The highest BCUT2D eigenvalue weighted by Gasteiger charge is 2.35. The lowest BCUT2D eigenvalue weighted by atomic mass is 9.82. The number of benzene rings is 1. The number of halogens is 1. The van der Waals surface area contributed by atoms with Gasteiger partial charge in [-0.05, 0) is 51.6 Å². The van der Waals surface area contributed by atoms with Crippen molar-refractivity contribution in [3.8, 4) is 0 Å². The van der Waals surface area contributed by atoms with E-state index in [1.165, 1.54) is 13.0 Å². The third kappa shape index (κ3) is 2.08. The summed E-state index contributed by atoms with van der Waals surface area (Å²) in [6.45, 7) is 4.44. The molecule has 0 amide bonds. The van der Waals surface area contributed by atoms with Crippen LogP contribution in [0.3, 0.4) is 0 Å². The quantitative estimate of drug-likeness (QED) is 0.806. The summed E-state index contributed by atoms with van der Waals surface area (Å²) in [6.07, 6.45) is 2.35. The number of aromatic nitrogens is 1. The number of rotatable bonds is 1. The van der Waals surface area contributed by atoms with Gasteiger partial charge in [0.1, 0.15) is 5.52 Å². The average molecular weight is 309 g/mol. The van der Waals surface area contributed by atoms with E-state index < -0.39 is 0 Å². The molecule has 18 heavy (non-hydrogen) atoms. The Kier molecular flexibility index (Phi) is 2.94. The average Bonchev–Trinajstić information content (AvgIpc) is 2.72. The summed E-state index contributed by atoms with van der Waals surface area (Å²) in [5, 5.41) is 0. The Bertz CT molecular complexity index is 580. The first-order chi connectivity index (χ1) is 8.57. The normalized spacial score (nSPS) is 25.7. The molecule has 1 saturated heterocycles. The summed E-state index contributed by atoms with van der Waals surface area (Å²) >= 11 is 3.47. The lowest BCUT2D eigenvalue weighted by Crippen LogP contribution is -2.42. The van der Waals surface area contributed by atoms with Gasteiger partial charge in [0, 0.05) is 11.0 Å². The van der Waals surface area contributed by atoms with Crippen molar-refractivity contribution >= 4 is 27.0 Å². The zero-order valence-corrected chi connectivity index (χ0v) is 12.3. The van der Waals surface area contributed by atoms with Gasteiger partial charge in [-0.1, -0.05) is 15.9 Å². The Balaban J connectivity index is 2.03. The van der Waals surface area contributed by atoms with Crippen molar-refractivity contribution < 1.29 is 4.42 Å². The minimum absolute atomic E-state index is 0.0402. The van der Waals surface area contributed by atoms with Gasteiger partial charge in [-0.15, -0.1) is 0 Å². The van der Waals surface area contributed by atoms with Crippen LogP contribution in [0.5, 0.6) is 0 Å². The number of likely N-dealkylation sites (tertiary alicyclic amines) is 1. The minimum atomic E-state index is 0.0402. The summed E-state index contributed by atoms with van der Waals surface area (Å²) in [5.41, 5.74) is 1.86. The summed E-state index contributed by atoms with van der Waals surface area (Å²) in [6, 6.07) is 5.98. The van der Waals surface area contributed by atoms with E-state index in [9.17, 15) is 0 Å². The number of fused-ring (bicyclic) bond motifs is 1. The fraction of sp³-hybridized carbons (Fsp3) is 0.500. The first kappa shape index (κ1) is 12.2. The van der Waals surface area contributed by atoms with Gasteiger partial charge in [0.05, 0.1) is 5.41 Å². The number of hydrogen-bond acceptors (Lipinski definition) is 3. The predicted octanol–water partition coefficient (Wildman–Crippen LogP) is 3.57. The second-order valence-electron chi connectivity index (χ2n) is 5.53. The topological polar surface area (TPSA) is 29.3 Å². The lowest BCUT2D eigenvalue weighted by Gasteiger charge is -2.36. The van der Waals surface area contributed by atoms with Crippen molar-refractivity contribution in [2.45, 2.75) is 25.2 Å². The van der Waals surface area contributed by atoms with Crippen LogP contribution in [0.4, 0.5) is 0 Å². The van der Waals surface area contributed by atoms with Crippen LogP contribution in [0.2, 0.25) is 0 Å². The van der Waals surface area contributed by atoms with Crippen LogP contribution in [0.15, 0.2) is 27.1 Å². The number of hydrogen-bond donors (Lipinski definition) is 0. The van der Waals surface area contributed by atoms with E-state index in [-0.39, 0.29) is 5.41 Å². The van der Waals surface area contributed by atoms with E-state index in [0.717, 1.165) is 34.4 Å². The second kappa shape index (κ2) is 4.35. The van der Waals surface area contributed by atoms with Crippen LogP contribution < -0.4 is 0 Å². The number of likely N-dealkylation sites (N-methyl/N-ethyl adjacent to an activating group) is 1. The van der Waals surface area contributed by atoms with Gasteiger partial charge in [-0.25, -0.2) is 4.98 Å². The molecule has 1 unspecified atom stereocenters. The van der Waals surface area contributed by atoms with Crippen LogP contribution in [0.1, 0.15) is 25.7 Å². The minimum Gasteiger partial charge on any atom is -0.440 e. The van der Waals surface area contributed by atoms with Crippen molar-refractivity contribution in [1.82, 2.24) is 9.88 Å². The molecule has 1 aliphatic rings. The van der Waals surface area contributed by atoms with E-state index >= 15 is 0 Å². The molecule has 0 bridgehead atoms. The van der Waals surface area contributed by atoms with Gasteiger partial charge in [0.15, 0.2) is 5.58 Å². The summed E-state index contributed by atoms with van der Waals surface area (Å²) in [5.74, 6) is 0.877. The molecule has 3 nitrogen and oxygen atoms in total. The Morgan fingerprint density at radius 1 is 1.44 bits per heavy atom. The van der Waals surface area contributed by atoms with Crippen molar-refractivity contribution in [3.05, 3.63) is 28.6 Å². The smallest absolute Gasteiger partial charge is 0.202 e. The fourth-order valence-electron chi connectivity index (χ4n) is 2.83. The molecule has 96 valence electrons. The molecule has 0 aliphatic carbocycles. The Hall–Kier alpha value is -0.870. The van der Waals surface area contributed by atoms with E-state index in [2.05, 4.69) is 39.8 Å². The highest BCUT2D eigenvalue weighted by molar-refractivity contribution is 9.10. The molecule has 2 aromatic rings. The summed E-state index contributed by atoms with van der Waals surface area (Å²) in [7, 11) is 2.16. The molecule has 0 radical (unpaired) electrons. The maximum absolute atomic E-state index is 5.96. The fourth-order valence-corrected chi connectivity index (χ4v) is 3.18. The number of nitrogens with zero attached hydrogens (tertiary/aromatic N) is 2. The molecule has 0 N–H and O–H groups in total. The summed E-state index contributed by atoms with van der Waals surface area (Å²) in [4.78, 5) is 7.04. The largest absolute Gasteiger partial charge is 0.440 e. The van der Waals surface area contributed by atoms with Crippen molar-refractivity contribution in [2.75, 3.05) is 20.1 Å². The molecule has 3 rings (SSSR count). The van der Waals surface area contributed by atoms with Crippen molar-refractivity contribution in [2.24, 2.45) is 0 Å². The standard InChI is InChI=1S/C14H17BrN2O/c1-14(6-3-7-17(2)9-14)13-16-11-8-10(15)4-5-12(11)18-13/h4-5,8H,3,6-7,9H2,1-2H3. The second-order valence-corrected chi connectivity index (χ2v) is 6.45. The van der Waals surface area contributed by atoms with Gasteiger partial charge in [-0.3, -0.25) is 0 Å². The van der Waals surface area contributed by atoms with Gasteiger partial charge >= 0.3 is 0 Å². The zero-order chi connectivity index (χ0) is 12.8. The van der Waals surface area contributed by atoms with Gasteiger partial charge < -0.3 is 9.32 Å². The van der Waals surface area contributed by atoms with Gasteiger partial charge in [0.25, 0.3) is 0 Å². The Labute approximate surface area is 115 Å². The molecule has 1 aromatic heterocycles. The molecule has 1 fully saturated rings. The molecule has 1 aromatic carbocycles. The van der Waals surface area contributed by atoms with Crippen LogP contribution in [-0.2, 0) is 5.41 Å².